The number of carbonyl (C=O) groups is 2. The smallest absolute Gasteiger partial charge is 0.391 e. The first-order valence-corrected chi connectivity index (χ1v) is 6.87. The van der Waals surface area contributed by atoms with E-state index in [0.29, 0.717) is 0 Å². The molecule has 1 aliphatic heterocycles. The molecule has 0 aromatic rings. The van der Waals surface area contributed by atoms with Crippen LogP contribution in [0.4, 0.5) is 13.2 Å². The standard InChI is InChI=1S/C13H21F3N2O3/c1-7(2)4-9(17-12(21)13(14,15)16)11(20)18-5-8(3)10(19)6-18/h7-10,19H,4-6H2,1-3H3,(H,17,21)/t8?,9-,10?/m0/s1. The van der Waals surface area contributed by atoms with Gasteiger partial charge in [0.15, 0.2) is 0 Å². The Labute approximate surface area is 121 Å². The summed E-state index contributed by atoms with van der Waals surface area (Å²) in [6, 6.07) is -1.23. The van der Waals surface area contributed by atoms with E-state index in [1.807, 2.05) is 0 Å². The van der Waals surface area contributed by atoms with Crippen molar-refractivity contribution in [1.29, 1.82) is 0 Å². The molecule has 0 bridgehead atoms. The van der Waals surface area contributed by atoms with Crippen molar-refractivity contribution in [1.82, 2.24) is 10.2 Å². The zero-order valence-electron chi connectivity index (χ0n) is 12.3. The molecule has 2 unspecified atom stereocenters. The minimum absolute atomic E-state index is 0.0579. The average molecular weight is 310 g/mol. The molecular formula is C13H21F3N2O3. The molecule has 2 N–H and O–H groups in total. The molecule has 0 spiro atoms. The fourth-order valence-electron chi connectivity index (χ4n) is 2.28. The molecule has 2 amide bonds. The van der Waals surface area contributed by atoms with E-state index < -0.39 is 30.1 Å². The summed E-state index contributed by atoms with van der Waals surface area (Å²) in [5.74, 6) is -2.89. The molecule has 21 heavy (non-hydrogen) atoms. The van der Waals surface area contributed by atoms with Crippen molar-refractivity contribution < 1.29 is 27.9 Å². The van der Waals surface area contributed by atoms with Crippen LogP contribution >= 0.6 is 0 Å². The predicted octanol–water partition coefficient (Wildman–Crippen LogP) is 0.919. The van der Waals surface area contributed by atoms with Crippen molar-refractivity contribution in [3.63, 3.8) is 0 Å². The SMILES string of the molecule is CC(C)C[C@H](NC(=O)C(F)(F)F)C(=O)N1CC(C)C(O)C1. The van der Waals surface area contributed by atoms with E-state index in [-0.39, 0.29) is 31.3 Å². The largest absolute Gasteiger partial charge is 0.471 e. The van der Waals surface area contributed by atoms with E-state index in [0.717, 1.165) is 0 Å². The highest BCUT2D eigenvalue weighted by Gasteiger charge is 2.42. The summed E-state index contributed by atoms with van der Waals surface area (Å²) in [7, 11) is 0. The number of aliphatic hydroxyl groups is 1. The topological polar surface area (TPSA) is 69.6 Å². The van der Waals surface area contributed by atoms with Crippen molar-refractivity contribution in [3.8, 4) is 0 Å². The number of rotatable bonds is 4. The highest BCUT2D eigenvalue weighted by molar-refractivity contribution is 5.90. The second kappa shape index (κ2) is 6.64. The molecule has 3 atom stereocenters. The van der Waals surface area contributed by atoms with Gasteiger partial charge in [0.2, 0.25) is 5.91 Å². The Balaban J connectivity index is 2.78. The second-order valence-corrected chi connectivity index (χ2v) is 5.94. The Morgan fingerprint density at radius 3 is 2.29 bits per heavy atom. The Kier molecular flexibility index (Phi) is 5.61. The first kappa shape index (κ1) is 17.7. The lowest BCUT2D eigenvalue weighted by Crippen LogP contribution is -2.52. The molecule has 1 saturated heterocycles. The van der Waals surface area contributed by atoms with Crippen LogP contribution in [-0.2, 0) is 9.59 Å². The van der Waals surface area contributed by atoms with Crippen LogP contribution in [0.1, 0.15) is 27.2 Å². The van der Waals surface area contributed by atoms with Gasteiger partial charge in [-0.2, -0.15) is 13.2 Å². The Morgan fingerprint density at radius 1 is 1.33 bits per heavy atom. The van der Waals surface area contributed by atoms with Gasteiger partial charge in [0.25, 0.3) is 0 Å². The van der Waals surface area contributed by atoms with Gasteiger partial charge in [0.05, 0.1) is 6.10 Å². The Hall–Kier alpha value is -1.31. The molecule has 5 nitrogen and oxygen atoms in total. The normalized spacial score (nSPS) is 24.3. The molecule has 1 rings (SSSR count). The van der Waals surface area contributed by atoms with Gasteiger partial charge in [0.1, 0.15) is 6.04 Å². The molecule has 122 valence electrons. The maximum atomic E-state index is 12.3. The van der Waals surface area contributed by atoms with Crippen molar-refractivity contribution >= 4 is 11.8 Å². The number of aliphatic hydroxyl groups excluding tert-OH is 1. The lowest BCUT2D eigenvalue weighted by molar-refractivity contribution is -0.175. The van der Waals surface area contributed by atoms with Gasteiger partial charge in [-0.25, -0.2) is 0 Å². The van der Waals surface area contributed by atoms with Crippen LogP contribution in [-0.4, -0.2) is 53.2 Å². The molecule has 1 aliphatic rings. The summed E-state index contributed by atoms with van der Waals surface area (Å²) in [5, 5.41) is 11.4. The van der Waals surface area contributed by atoms with E-state index in [2.05, 4.69) is 0 Å². The van der Waals surface area contributed by atoms with Gasteiger partial charge in [-0.05, 0) is 12.3 Å². The quantitative estimate of drug-likeness (QED) is 0.811. The molecule has 0 saturated carbocycles. The number of hydrogen-bond donors (Lipinski definition) is 2. The summed E-state index contributed by atoms with van der Waals surface area (Å²) >= 11 is 0. The van der Waals surface area contributed by atoms with Crippen LogP contribution in [0.5, 0.6) is 0 Å². The summed E-state index contributed by atoms with van der Waals surface area (Å²) in [6.07, 6.45) is -5.60. The number of hydrogen-bond acceptors (Lipinski definition) is 3. The first-order valence-electron chi connectivity index (χ1n) is 6.87. The summed E-state index contributed by atoms with van der Waals surface area (Å²) in [4.78, 5) is 24.6. The number of β-amino-alcohol motifs (C(OH)–C–C–N with tert-alkyl or cyclic N) is 1. The third-order valence-electron chi connectivity index (χ3n) is 3.45. The number of alkyl halides is 3. The number of nitrogens with zero attached hydrogens (tertiary/aromatic N) is 1. The van der Waals surface area contributed by atoms with Gasteiger partial charge in [-0.15, -0.1) is 0 Å². The molecule has 0 radical (unpaired) electrons. The number of amides is 2. The number of halogens is 3. The monoisotopic (exact) mass is 310 g/mol. The Morgan fingerprint density at radius 2 is 1.90 bits per heavy atom. The zero-order chi connectivity index (χ0) is 16.4. The van der Waals surface area contributed by atoms with E-state index in [1.54, 1.807) is 26.1 Å². The van der Waals surface area contributed by atoms with Crippen molar-refractivity contribution in [3.05, 3.63) is 0 Å². The highest BCUT2D eigenvalue weighted by atomic mass is 19.4. The third kappa shape index (κ3) is 4.87. The lowest BCUT2D eigenvalue weighted by Gasteiger charge is -2.25. The average Bonchev–Trinajstić information content (AvgIpc) is 2.66. The number of likely N-dealkylation sites (tertiary alicyclic amines) is 1. The molecule has 0 aromatic carbocycles. The number of carbonyl (C=O) groups excluding carboxylic acids is 2. The molecule has 0 aliphatic carbocycles. The lowest BCUT2D eigenvalue weighted by atomic mass is 10.0. The van der Waals surface area contributed by atoms with E-state index in [1.165, 1.54) is 4.90 Å². The van der Waals surface area contributed by atoms with Crippen molar-refractivity contribution in [2.24, 2.45) is 11.8 Å². The highest BCUT2D eigenvalue weighted by Crippen LogP contribution is 2.20. The fourth-order valence-corrected chi connectivity index (χ4v) is 2.28. The van der Waals surface area contributed by atoms with Crippen molar-refractivity contribution in [2.45, 2.75) is 45.5 Å². The van der Waals surface area contributed by atoms with Crippen LogP contribution in [0.3, 0.4) is 0 Å². The van der Waals surface area contributed by atoms with Crippen molar-refractivity contribution in [2.75, 3.05) is 13.1 Å². The van der Waals surface area contributed by atoms with Crippen LogP contribution in [0.25, 0.3) is 0 Å². The van der Waals surface area contributed by atoms with Crippen LogP contribution in [0.15, 0.2) is 0 Å². The summed E-state index contributed by atoms with van der Waals surface area (Å²) in [5.41, 5.74) is 0. The maximum absolute atomic E-state index is 12.3. The number of nitrogens with one attached hydrogen (secondary N) is 1. The minimum Gasteiger partial charge on any atom is -0.391 e. The van der Waals surface area contributed by atoms with Crippen LogP contribution in [0.2, 0.25) is 0 Å². The van der Waals surface area contributed by atoms with E-state index >= 15 is 0 Å². The van der Waals surface area contributed by atoms with Gasteiger partial charge in [-0.1, -0.05) is 20.8 Å². The first-order chi connectivity index (χ1) is 9.52. The molecular weight excluding hydrogens is 289 g/mol. The van der Waals surface area contributed by atoms with Crippen LogP contribution in [0, 0.1) is 11.8 Å². The molecule has 1 heterocycles. The molecule has 8 heteroatoms. The van der Waals surface area contributed by atoms with Gasteiger partial charge in [0, 0.05) is 19.0 Å². The zero-order valence-corrected chi connectivity index (χ0v) is 12.3. The van der Waals surface area contributed by atoms with E-state index in [4.69, 9.17) is 0 Å². The van der Waals surface area contributed by atoms with Gasteiger partial charge >= 0.3 is 12.1 Å². The molecule has 0 aromatic heterocycles. The van der Waals surface area contributed by atoms with Gasteiger partial charge < -0.3 is 15.3 Å². The minimum atomic E-state index is -5.02. The maximum Gasteiger partial charge on any atom is 0.471 e. The Bertz CT molecular complexity index is 389. The third-order valence-corrected chi connectivity index (χ3v) is 3.45. The summed E-state index contributed by atoms with van der Waals surface area (Å²) < 4.78 is 37.0. The van der Waals surface area contributed by atoms with Crippen LogP contribution < -0.4 is 5.32 Å². The van der Waals surface area contributed by atoms with E-state index in [9.17, 15) is 27.9 Å². The fraction of sp³-hybridized carbons (Fsp3) is 0.846. The van der Waals surface area contributed by atoms with Gasteiger partial charge in [-0.3, -0.25) is 9.59 Å². The summed E-state index contributed by atoms with van der Waals surface area (Å²) in [6.45, 7) is 5.61. The predicted molar refractivity (Wildman–Crippen MR) is 69.2 cm³/mol. The molecule has 1 fully saturated rings. The second-order valence-electron chi connectivity index (χ2n) is 5.94.